The number of hydrogen-bond donors (Lipinski definition) is 2. The summed E-state index contributed by atoms with van der Waals surface area (Å²) in [6.07, 6.45) is 1.25. The molecule has 1 aromatic carbocycles. The van der Waals surface area contributed by atoms with E-state index < -0.39 is 14.6 Å². The van der Waals surface area contributed by atoms with Gasteiger partial charge in [-0.2, -0.15) is 0 Å². The second-order valence-electron chi connectivity index (χ2n) is 5.71. The third kappa shape index (κ3) is 3.94. The van der Waals surface area contributed by atoms with Crippen LogP contribution in [0.5, 0.6) is 5.75 Å². The van der Waals surface area contributed by atoms with E-state index in [1.807, 2.05) is 26.0 Å². The highest BCUT2D eigenvalue weighted by Crippen LogP contribution is 2.23. The minimum absolute atomic E-state index is 0.320. The van der Waals surface area contributed by atoms with Crippen molar-refractivity contribution in [3.63, 3.8) is 0 Å². The SMILES string of the molecule is Cc1cc(CNCC(C)(C)S(C)(=O)=O)cc(C)c1O. The Bertz CT molecular complexity index is 539. The Morgan fingerprint density at radius 1 is 1.21 bits per heavy atom. The molecule has 0 bridgehead atoms. The highest BCUT2D eigenvalue weighted by atomic mass is 32.2. The Kier molecular flexibility index (Phi) is 4.63. The van der Waals surface area contributed by atoms with Crippen LogP contribution in [0.2, 0.25) is 0 Å². The average Bonchev–Trinajstić information content (AvgIpc) is 2.24. The van der Waals surface area contributed by atoms with Crippen LogP contribution in [0.15, 0.2) is 12.1 Å². The second-order valence-corrected chi connectivity index (χ2v) is 8.36. The monoisotopic (exact) mass is 285 g/mol. The summed E-state index contributed by atoms with van der Waals surface area (Å²) in [7, 11) is -3.08. The van der Waals surface area contributed by atoms with Crippen LogP contribution >= 0.6 is 0 Å². The maximum absolute atomic E-state index is 11.6. The van der Waals surface area contributed by atoms with Crippen LogP contribution in [-0.4, -0.2) is 31.1 Å². The zero-order valence-corrected chi connectivity index (χ0v) is 13.1. The highest BCUT2D eigenvalue weighted by molar-refractivity contribution is 7.92. The van der Waals surface area contributed by atoms with Crippen LogP contribution in [0.1, 0.15) is 30.5 Å². The molecule has 1 aromatic rings. The number of sulfone groups is 1. The van der Waals surface area contributed by atoms with E-state index in [-0.39, 0.29) is 0 Å². The molecular formula is C14H23NO3S. The van der Waals surface area contributed by atoms with Gasteiger partial charge < -0.3 is 10.4 Å². The van der Waals surface area contributed by atoms with Gasteiger partial charge in [-0.25, -0.2) is 8.42 Å². The lowest BCUT2D eigenvalue weighted by molar-refractivity contribution is 0.466. The second kappa shape index (κ2) is 5.51. The average molecular weight is 285 g/mol. The molecule has 0 heterocycles. The van der Waals surface area contributed by atoms with Gasteiger partial charge in [0, 0.05) is 19.3 Å². The number of phenolic OH excluding ortho intramolecular Hbond substituents is 1. The zero-order chi connectivity index (χ0) is 14.8. The molecule has 0 saturated carbocycles. The number of phenols is 1. The summed E-state index contributed by atoms with van der Waals surface area (Å²) in [5.74, 6) is 0.320. The van der Waals surface area contributed by atoms with Crippen LogP contribution in [0.4, 0.5) is 0 Å². The molecule has 0 fully saturated rings. The summed E-state index contributed by atoms with van der Waals surface area (Å²) in [5.41, 5.74) is 2.70. The zero-order valence-electron chi connectivity index (χ0n) is 12.2. The summed E-state index contributed by atoms with van der Waals surface area (Å²) in [6.45, 7) is 8.11. The van der Waals surface area contributed by atoms with Gasteiger partial charge in [0.05, 0.1) is 4.75 Å². The van der Waals surface area contributed by atoms with Crippen molar-refractivity contribution in [2.75, 3.05) is 12.8 Å². The first-order chi connectivity index (χ1) is 8.54. The van der Waals surface area contributed by atoms with Crippen LogP contribution in [0, 0.1) is 13.8 Å². The highest BCUT2D eigenvalue weighted by Gasteiger charge is 2.29. The van der Waals surface area contributed by atoms with Crippen molar-refractivity contribution in [3.05, 3.63) is 28.8 Å². The van der Waals surface area contributed by atoms with Gasteiger partial charge in [-0.3, -0.25) is 0 Å². The van der Waals surface area contributed by atoms with Crippen molar-refractivity contribution < 1.29 is 13.5 Å². The Morgan fingerprint density at radius 3 is 2.11 bits per heavy atom. The maximum Gasteiger partial charge on any atom is 0.153 e. The molecule has 0 aliphatic heterocycles. The van der Waals surface area contributed by atoms with Gasteiger partial charge in [0.25, 0.3) is 0 Å². The van der Waals surface area contributed by atoms with Gasteiger partial charge in [0.2, 0.25) is 0 Å². The molecule has 0 spiro atoms. The lowest BCUT2D eigenvalue weighted by Crippen LogP contribution is -2.41. The van der Waals surface area contributed by atoms with E-state index in [1.54, 1.807) is 13.8 Å². The summed E-state index contributed by atoms with van der Waals surface area (Å²) in [6, 6.07) is 3.81. The number of nitrogens with one attached hydrogen (secondary N) is 1. The number of aryl methyl sites for hydroxylation is 2. The lowest BCUT2D eigenvalue weighted by atomic mass is 10.1. The third-order valence-electron chi connectivity index (χ3n) is 3.43. The van der Waals surface area contributed by atoms with Crippen molar-refractivity contribution in [3.8, 4) is 5.75 Å². The minimum Gasteiger partial charge on any atom is -0.507 e. The smallest absolute Gasteiger partial charge is 0.153 e. The van der Waals surface area contributed by atoms with E-state index in [1.165, 1.54) is 6.26 Å². The number of aromatic hydroxyl groups is 1. The first-order valence-electron chi connectivity index (χ1n) is 6.24. The molecular weight excluding hydrogens is 262 g/mol. The quantitative estimate of drug-likeness (QED) is 0.867. The minimum atomic E-state index is -3.08. The Balaban J connectivity index is 2.69. The topological polar surface area (TPSA) is 66.4 Å². The van der Waals surface area contributed by atoms with E-state index in [0.29, 0.717) is 18.8 Å². The third-order valence-corrected chi connectivity index (χ3v) is 5.59. The van der Waals surface area contributed by atoms with Gasteiger partial charge in [-0.1, -0.05) is 12.1 Å². The van der Waals surface area contributed by atoms with Gasteiger partial charge in [-0.15, -0.1) is 0 Å². The summed E-state index contributed by atoms with van der Waals surface area (Å²) in [5, 5.41) is 12.9. The molecule has 2 N–H and O–H groups in total. The van der Waals surface area contributed by atoms with Crippen LogP contribution in [0.3, 0.4) is 0 Å². The molecule has 1 rings (SSSR count). The van der Waals surface area contributed by atoms with Crippen molar-refractivity contribution in [2.45, 2.75) is 39.0 Å². The fourth-order valence-electron chi connectivity index (χ4n) is 1.79. The summed E-state index contributed by atoms with van der Waals surface area (Å²) >= 11 is 0. The Morgan fingerprint density at radius 2 is 1.68 bits per heavy atom. The van der Waals surface area contributed by atoms with Crippen LogP contribution in [0.25, 0.3) is 0 Å². The Hall–Kier alpha value is -1.07. The molecule has 4 nitrogen and oxygen atoms in total. The first-order valence-corrected chi connectivity index (χ1v) is 8.13. The summed E-state index contributed by atoms with van der Waals surface area (Å²) < 4.78 is 22.4. The predicted molar refractivity (Wildman–Crippen MR) is 78.2 cm³/mol. The fourth-order valence-corrected chi connectivity index (χ4v) is 2.15. The van der Waals surface area contributed by atoms with Crippen LogP contribution < -0.4 is 5.32 Å². The summed E-state index contributed by atoms with van der Waals surface area (Å²) in [4.78, 5) is 0. The standard InChI is InChI=1S/C14H23NO3S/c1-10-6-12(7-11(2)13(10)16)8-15-9-14(3,4)19(5,17)18/h6-7,15-16H,8-9H2,1-5H3. The Labute approximate surface area is 115 Å². The molecule has 5 heteroatoms. The molecule has 0 aliphatic carbocycles. The number of rotatable bonds is 5. The molecule has 0 unspecified atom stereocenters. The number of hydrogen-bond acceptors (Lipinski definition) is 4. The van der Waals surface area contributed by atoms with Gasteiger partial charge >= 0.3 is 0 Å². The molecule has 108 valence electrons. The van der Waals surface area contributed by atoms with E-state index in [4.69, 9.17) is 0 Å². The molecule has 0 aromatic heterocycles. The van der Waals surface area contributed by atoms with Crippen molar-refractivity contribution >= 4 is 9.84 Å². The molecule has 0 amide bonds. The van der Waals surface area contributed by atoms with Gasteiger partial charge in [0.15, 0.2) is 9.84 Å². The van der Waals surface area contributed by atoms with Gasteiger partial charge in [0.1, 0.15) is 5.75 Å². The first kappa shape index (κ1) is 16.0. The van der Waals surface area contributed by atoms with Crippen molar-refractivity contribution in [2.24, 2.45) is 0 Å². The van der Waals surface area contributed by atoms with Crippen molar-refractivity contribution in [1.82, 2.24) is 5.32 Å². The molecule has 0 radical (unpaired) electrons. The van der Waals surface area contributed by atoms with E-state index >= 15 is 0 Å². The number of benzene rings is 1. The van der Waals surface area contributed by atoms with E-state index in [2.05, 4.69) is 5.32 Å². The normalized spacial score (nSPS) is 12.7. The largest absolute Gasteiger partial charge is 0.507 e. The molecule has 0 saturated heterocycles. The fraction of sp³-hybridized carbons (Fsp3) is 0.571. The lowest BCUT2D eigenvalue weighted by Gasteiger charge is -2.23. The van der Waals surface area contributed by atoms with Gasteiger partial charge in [-0.05, 0) is 44.4 Å². The van der Waals surface area contributed by atoms with Crippen molar-refractivity contribution in [1.29, 1.82) is 0 Å². The molecule has 19 heavy (non-hydrogen) atoms. The maximum atomic E-state index is 11.6. The predicted octanol–water partition coefficient (Wildman–Crippen LogP) is 1.92. The molecule has 0 atom stereocenters. The molecule has 0 aliphatic rings. The van der Waals surface area contributed by atoms with E-state index in [0.717, 1.165) is 16.7 Å². The van der Waals surface area contributed by atoms with E-state index in [9.17, 15) is 13.5 Å². The van der Waals surface area contributed by atoms with Crippen LogP contribution in [-0.2, 0) is 16.4 Å².